The van der Waals surface area contributed by atoms with Gasteiger partial charge in [0.25, 0.3) is 0 Å². The van der Waals surface area contributed by atoms with Crippen molar-refractivity contribution in [3.63, 3.8) is 0 Å². The number of aromatic nitrogens is 2. The minimum Gasteiger partial charge on any atom is -0.358 e. The quantitative estimate of drug-likeness (QED) is 0.663. The second-order valence-corrected chi connectivity index (χ2v) is 6.52. The molecule has 1 heterocycles. The number of hydrogen-bond acceptors (Lipinski definition) is 2. The van der Waals surface area contributed by atoms with Crippen LogP contribution < -0.4 is 10.6 Å². The number of rotatable bonds is 5. The van der Waals surface area contributed by atoms with E-state index in [-0.39, 0.29) is 5.82 Å². The highest BCUT2D eigenvalue weighted by atomic mass is 32.1. The van der Waals surface area contributed by atoms with E-state index < -0.39 is 0 Å². The van der Waals surface area contributed by atoms with Gasteiger partial charge >= 0.3 is 0 Å². The highest BCUT2D eigenvalue weighted by molar-refractivity contribution is 7.80. The van der Waals surface area contributed by atoms with Gasteiger partial charge in [-0.05, 0) is 55.9 Å². The van der Waals surface area contributed by atoms with Crippen molar-refractivity contribution in [3.05, 3.63) is 82.9 Å². The van der Waals surface area contributed by atoms with Gasteiger partial charge in [-0.25, -0.2) is 4.39 Å². The summed E-state index contributed by atoms with van der Waals surface area (Å²) >= 11 is 5.32. The average Bonchev–Trinajstić information content (AvgIpc) is 2.89. The van der Waals surface area contributed by atoms with Crippen LogP contribution in [0.15, 0.2) is 54.6 Å². The zero-order valence-electron chi connectivity index (χ0n) is 14.8. The third-order valence-electron chi connectivity index (χ3n) is 4.23. The molecule has 2 N–H and O–H groups in total. The summed E-state index contributed by atoms with van der Waals surface area (Å²) in [6.45, 7) is 5.39. The molecule has 4 nitrogen and oxygen atoms in total. The van der Waals surface area contributed by atoms with Crippen LogP contribution in [0.3, 0.4) is 0 Å². The molecule has 0 bridgehead atoms. The molecule has 0 radical (unpaired) electrons. The predicted molar refractivity (Wildman–Crippen MR) is 107 cm³/mol. The van der Waals surface area contributed by atoms with E-state index in [1.807, 2.05) is 29.8 Å². The summed E-state index contributed by atoms with van der Waals surface area (Å²) in [6.07, 6.45) is 0. The molecule has 1 aromatic heterocycles. The number of benzene rings is 2. The molecule has 0 unspecified atom stereocenters. The molecule has 0 saturated heterocycles. The van der Waals surface area contributed by atoms with E-state index in [2.05, 4.69) is 34.8 Å². The largest absolute Gasteiger partial charge is 0.358 e. The Morgan fingerprint density at radius 2 is 1.77 bits per heavy atom. The van der Waals surface area contributed by atoms with Crippen LogP contribution in [0.4, 0.5) is 10.1 Å². The molecule has 0 aliphatic carbocycles. The maximum atomic E-state index is 13.0. The molecule has 0 aliphatic rings. The van der Waals surface area contributed by atoms with Crippen molar-refractivity contribution in [2.24, 2.45) is 0 Å². The van der Waals surface area contributed by atoms with Crippen molar-refractivity contribution in [2.45, 2.75) is 26.9 Å². The smallest absolute Gasteiger partial charge is 0.171 e. The van der Waals surface area contributed by atoms with E-state index >= 15 is 0 Å². The molecule has 6 heteroatoms. The first kappa shape index (κ1) is 18.1. The Labute approximate surface area is 158 Å². The second kappa shape index (κ2) is 8.10. The van der Waals surface area contributed by atoms with Crippen molar-refractivity contribution >= 4 is 23.0 Å². The van der Waals surface area contributed by atoms with Crippen LogP contribution in [0.25, 0.3) is 0 Å². The van der Waals surface area contributed by atoms with Gasteiger partial charge in [-0.2, -0.15) is 5.10 Å². The van der Waals surface area contributed by atoms with Gasteiger partial charge in [0, 0.05) is 23.5 Å². The number of aryl methyl sites for hydroxylation is 1. The third-order valence-corrected chi connectivity index (χ3v) is 4.48. The van der Waals surface area contributed by atoms with E-state index in [0.29, 0.717) is 11.7 Å². The summed E-state index contributed by atoms with van der Waals surface area (Å²) in [5.74, 6) is -0.272. The fourth-order valence-corrected chi connectivity index (χ4v) is 2.97. The van der Waals surface area contributed by atoms with Crippen molar-refractivity contribution in [1.82, 2.24) is 15.1 Å². The van der Waals surface area contributed by atoms with Crippen LogP contribution in [-0.4, -0.2) is 14.9 Å². The molecule has 0 spiro atoms. The Morgan fingerprint density at radius 3 is 2.46 bits per heavy atom. The van der Waals surface area contributed by atoms with Gasteiger partial charge in [-0.1, -0.05) is 30.3 Å². The molecule has 3 aromatic rings. The highest BCUT2D eigenvalue weighted by Gasteiger charge is 2.12. The molecule has 0 saturated carbocycles. The molecule has 0 amide bonds. The third kappa shape index (κ3) is 4.46. The van der Waals surface area contributed by atoms with Gasteiger partial charge in [0.1, 0.15) is 5.82 Å². The van der Waals surface area contributed by atoms with Crippen LogP contribution in [0, 0.1) is 19.7 Å². The number of halogens is 1. The highest BCUT2D eigenvalue weighted by Crippen LogP contribution is 2.15. The van der Waals surface area contributed by atoms with Crippen LogP contribution in [0.5, 0.6) is 0 Å². The molecule has 26 heavy (non-hydrogen) atoms. The van der Waals surface area contributed by atoms with Gasteiger partial charge in [-0.3, -0.25) is 4.68 Å². The van der Waals surface area contributed by atoms with Crippen molar-refractivity contribution < 1.29 is 4.39 Å². The molecule has 134 valence electrons. The van der Waals surface area contributed by atoms with Crippen LogP contribution in [0.1, 0.15) is 22.5 Å². The normalized spacial score (nSPS) is 10.6. The van der Waals surface area contributed by atoms with Crippen molar-refractivity contribution in [3.8, 4) is 0 Å². The van der Waals surface area contributed by atoms with Crippen molar-refractivity contribution in [1.29, 1.82) is 0 Å². The number of nitrogens with zero attached hydrogens (tertiary/aromatic N) is 2. The number of anilines is 1. The van der Waals surface area contributed by atoms with Gasteiger partial charge in [-0.15, -0.1) is 0 Å². The number of nitrogens with one attached hydrogen (secondary N) is 2. The molecular weight excluding hydrogens is 347 g/mol. The summed E-state index contributed by atoms with van der Waals surface area (Å²) in [5.41, 5.74) is 5.19. The molecule has 2 aromatic carbocycles. The summed E-state index contributed by atoms with van der Waals surface area (Å²) in [5, 5.41) is 11.4. The van der Waals surface area contributed by atoms with Gasteiger partial charge in [0.2, 0.25) is 0 Å². The fourth-order valence-electron chi connectivity index (χ4n) is 2.78. The van der Waals surface area contributed by atoms with Crippen molar-refractivity contribution in [2.75, 3.05) is 5.32 Å². The van der Waals surface area contributed by atoms with Crippen LogP contribution in [-0.2, 0) is 13.1 Å². The van der Waals surface area contributed by atoms with Crippen LogP contribution >= 0.6 is 12.2 Å². The SMILES string of the molecule is Cc1nn(Cc2ccccc2)c(C)c1CNC(=S)Nc1ccc(F)cc1. The maximum Gasteiger partial charge on any atom is 0.171 e. The Bertz CT molecular complexity index is 888. The number of hydrogen-bond donors (Lipinski definition) is 2. The van der Waals surface area contributed by atoms with Crippen LogP contribution in [0.2, 0.25) is 0 Å². The lowest BCUT2D eigenvalue weighted by atomic mass is 10.2. The summed E-state index contributed by atoms with van der Waals surface area (Å²) < 4.78 is 15.0. The summed E-state index contributed by atoms with van der Waals surface area (Å²) in [4.78, 5) is 0. The molecular formula is C20H21FN4S. The Morgan fingerprint density at radius 1 is 1.08 bits per heavy atom. The molecule has 0 aliphatic heterocycles. The standard InChI is InChI=1S/C20H21FN4S/c1-14-19(12-22-20(26)23-18-10-8-17(21)9-11-18)15(2)25(24-14)13-16-6-4-3-5-7-16/h3-11H,12-13H2,1-2H3,(H2,22,23,26). The van der Waals surface area contributed by atoms with E-state index in [1.165, 1.54) is 17.7 Å². The first-order chi connectivity index (χ1) is 12.5. The van der Waals surface area contributed by atoms with Gasteiger partial charge in [0.05, 0.1) is 12.2 Å². The summed E-state index contributed by atoms with van der Waals surface area (Å²) in [7, 11) is 0. The fraction of sp³-hybridized carbons (Fsp3) is 0.200. The van der Waals surface area contributed by atoms with E-state index in [4.69, 9.17) is 12.2 Å². The lowest BCUT2D eigenvalue weighted by molar-refractivity contribution is 0.628. The maximum absolute atomic E-state index is 13.0. The van der Waals surface area contributed by atoms with Gasteiger partial charge < -0.3 is 10.6 Å². The monoisotopic (exact) mass is 368 g/mol. The molecule has 3 rings (SSSR count). The lowest BCUT2D eigenvalue weighted by Crippen LogP contribution is -2.28. The zero-order chi connectivity index (χ0) is 18.5. The molecule has 0 fully saturated rings. The lowest BCUT2D eigenvalue weighted by Gasteiger charge is -2.11. The average molecular weight is 368 g/mol. The minimum absolute atomic E-state index is 0.272. The molecule has 0 atom stereocenters. The minimum atomic E-state index is -0.272. The Kier molecular flexibility index (Phi) is 5.63. The van der Waals surface area contributed by atoms with E-state index in [1.54, 1.807) is 12.1 Å². The number of thiocarbonyl (C=S) groups is 1. The summed E-state index contributed by atoms with van der Waals surface area (Å²) in [6, 6.07) is 16.3. The van der Waals surface area contributed by atoms with Gasteiger partial charge in [0.15, 0.2) is 5.11 Å². The second-order valence-electron chi connectivity index (χ2n) is 6.11. The first-order valence-electron chi connectivity index (χ1n) is 8.40. The Hall–Kier alpha value is -2.73. The van der Waals surface area contributed by atoms with E-state index in [9.17, 15) is 4.39 Å². The Balaban J connectivity index is 1.62. The zero-order valence-corrected chi connectivity index (χ0v) is 15.6. The topological polar surface area (TPSA) is 41.9 Å². The first-order valence-corrected chi connectivity index (χ1v) is 8.81. The van der Waals surface area contributed by atoms with E-state index in [0.717, 1.165) is 29.2 Å². The predicted octanol–water partition coefficient (Wildman–Crippen LogP) is 4.17.